The molecule has 1 fully saturated rings. The molecule has 0 bridgehead atoms. The van der Waals surface area contributed by atoms with Crippen LogP contribution in [0.3, 0.4) is 0 Å². The molecule has 1 rings (SSSR count). The highest BCUT2D eigenvalue weighted by molar-refractivity contribution is 5.68. The first kappa shape index (κ1) is 12.4. The molecule has 0 saturated carbocycles. The number of aliphatic hydroxyl groups is 1. The largest absolute Gasteiger partial charge is 0.481 e. The monoisotopic (exact) mass is 218 g/mol. The second kappa shape index (κ2) is 5.41. The van der Waals surface area contributed by atoms with E-state index in [1.165, 1.54) is 0 Å². The summed E-state index contributed by atoms with van der Waals surface area (Å²) >= 11 is 0. The first-order valence-electron chi connectivity index (χ1n) is 4.92. The van der Waals surface area contributed by atoms with Crippen molar-refractivity contribution in [2.24, 2.45) is 0 Å². The summed E-state index contributed by atoms with van der Waals surface area (Å²) < 4.78 is 4.92. The standard InChI is InChI=1S/C9H18N2O4/c1-15-4-7(3-12)11-9(2-8(13)14)5-10-6-9/h7,10-12H,2-6H2,1H3,(H,13,14). The van der Waals surface area contributed by atoms with Crippen LogP contribution in [0.4, 0.5) is 0 Å². The maximum atomic E-state index is 10.7. The molecule has 1 aliphatic rings. The minimum Gasteiger partial charge on any atom is -0.481 e. The van der Waals surface area contributed by atoms with E-state index in [0.717, 1.165) is 0 Å². The molecule has 4 N–H and O–H groups in total. The molecule has 0 aromatic heterocycles. The van der Waals surface area contributed by atoms with Gasteiger partial charge in [-0.2, -0.15) is 0 Å². The van der Waals surface area contributed by atoms with Crippen molar-refractivity contribution in [3.05, 3.63) is 0 Å². The molecule has 0 aromatic rings. The highest BCUT2D eigenvalue weighted by atomic mass is 16.5. The summed E-state index contributed by atoms with van der Waals surface area (Å²) in [6.45, 7) is 1.53. The van der Waals surface area contributed by atoms with E-state index in [9.17, 15) is 4.79 Å². The zero-order valence-corrected chi connectivity index (χ0v) is 8.82. The third kappa shape index (κ3) is 3.42. The van der Waals surface area contributed by atoms with Crippen molar-refractivity contribution in [1.82, 2.24) is 10.6 Å². The van der Waals surface area contributed by atoms with E-state index in [4.69, 9.17) is 14.9 Å². The van der Waals surface area contributed by atoms with E-state index in [1.807, 2.05) is 0 Å². The van der Waals surface area contributed by atoms with Crippen molar-refractivity contribution in [2.45, 2.75) is 18.0 Å². The fourth-order valence-electron chi connectivity index (χ4n) is 1.77. The maximum Gasteiger partial charge on any atom is 0.305 e. The quantitative estimate of drug-likeness (QED) is 0.411. The van der Waals surface area contributed by atoms with Crippen molar-refractivity contribution < 1.29 is 19.7 Å². The average Bonchev–Trinajstić information content (AvgIpc) is 2.12. The van der Waals surface area contributed by atoms with Gasteiger partial charge in [0.2, 0.25) is 0 Å². The molecule has 6 nitrogen and oxygen atoms in total. The Morgan fingerprint density at radius 2 is 2.33 bits per heavy atom. The minimum absolute atomic E-state index is 0.0558. The number of ether oxygens (including phenoxy) is 1. The molecule has 0 radical (unpaired) electrons. The molecule has 0 spiro atoms. The van der Waals surface area contributed by atoms with Gasteiger partial charge in [-0.3, -0.25) is 4.79 Å². The predicted octanol–water partition coefficient (Wildman–Crippen LogP) is -1.60. The van der Waals surface area contributed by atoms with Gasteiger partial charge in [-0.05, 0) is 0 Å². The third-order valence-corrected chi connectivity index (χ3v) is 2.51. The lowest BCUT2D eigenvalue weighted by molar-refractivity contribution is -0.139. The molecule has 1 unspecified atom stereocenters. The van der Waals surface area contributed by atoms with E-state index < -0.39 is 11.5 Å². The normalized spacial score (nSPS) is 20.7. The number of carbonyl (C=O) groups is 1. The van der Waals surface area contributed by atoms with Gasteiger partial charge in [-0.15, -0.1) is 0 Å². The zero-order valence-electron chi connectivity index (χ0n) is 8.82. The summed E-state index contributed by atoms with van der Waals surface area (Å²) in [5, 5.41) is 24.0. The molecule has 1 saturated heterocycles. The van der Waals surface area contributed by atoms with Crippen LogP contribution in [0.25, 0.3) is 0 Å². The summed E-state index contributed by atoms with van der Waals surface area (Å²) in [6.07, 6.45) is 0.0558. The maximum absolute atomic E-state index is 10.7. The van der Waals surface area contributed by atoms with Gasteiger partial charge in [-0.1, -0.05) is 0 Å². The Hall–Kier alpha value is -0.690. The van der Waals surface area contributed by atoms with Gasteiger partial charge < -0.3 is 25.6 Å². The summed E-state index contributed by atoms with van der Waals surface area (Å²) in [7, 11) is 1.55. The molecule has 1 heterocycles. The van der Waals surface area contributed by atoms with Crippen LogP contribution in [0.15, 0.2) is 0 Å². The number of hydrogen-bond acceptors (Lipinski definition) is 5. The van der Waals surface area contributed by atoms with E-state index in [0.29, 0.717) is 19.7 Å². The number of hydrogen-bond donors (Lipinski definition) is 4. The number of methoxy groups -OCH3 is 1. The summed E-state index contributed by atoms with van der Waals surface area (Å²) in [4.78, 5) is 10.7. The van der Waals surface area contributed by atoms with Crippen molar-refractivity contribution in [3.63, 3.8) is 0 Å². The number of nitrogens with one attached hydrogen (secondary N) is 2. The van der Waals surface area contributed by atoms with Crippen LogP contribution < -0.4 is 10.6 Å². The Balaban J connectivity index is 2.47. The van der Waals surface area contributed by atoms with Crippen LogP contribution in [0.1, 0.15) is 6.42 Å². The average molecular weight is 218 g/mol. The Morgan fingerprint density at radius 1 is 1.67 bits per heavy atom. The predicted molar refractivity (Wildman–Crippen MR) is 53.7 cm³/mol. The summed E-state index contributed by atoms with van der Waals surface area (Å²) in [5.41, 5.74) is -0.433. The van der Waals surface area contributed by atoms with Gasteiger partial charge in [0.15, 0.2) is 0 Å². The number of carboxylic acids is 1. The van der Waals surface area contributed by atoms with Crippen LogP contribution in [0, 0.1) is 0 Å². The molecule has 1 atom stereocenters. The molecule has 15 heavy (non-hydrogen) atoms. The Bertz CT molecular complexity index is 218. The van der Waals surface area contributed by atoms with Gasteiger partial charge in [0.25, 0.3) is 0 Å². The molecule has 6 heteroatoms. The smallest absolute Gasteiger partial charge is 0.305 e. The Kier molecular flexibility index (Phi) is 4.46. The van der Waals surface area contributed by atoms with Crippen molar-refractivity contribution >= 4 is 5.97 Å². The zero-order chi connectivity index (χ0) is 11.3. The first-order chi connectivity index (χ1) is 7.12. The van der Waals surface area contributed by atoms with E-state index in [1.54, 1.807) is 7.11 Å². The SMILES string of the molecule is COCC(CO)NC1(CC(=O)O)CNC1. The lowest BCUT2D eigenvalue weighted by atomic mass is 9.87. The van der Waals surface area contributed by atoms with Crippen molar-refractivity contribution in [3.8, 4) is 0 Å². The number of aliphatic carboxylic acids is 1. The first-order valence-corrected chi connectivity index (χ1v) is 4.92. The molecule has 0 aromatic carbocycles. The van der Waals surface area contributed by atoms with Gasteiger partial charge in [0.05, 0.1) is 31.2 Å². The summed E-state index contributed by atoms with van der Waals surface area (Å²) in [5.74, 6) is -0.835. The molecule has 88 valence electrons. The summed E-state index contributed by atoms with van der Waals surface area (Å²) in [6, 6.07) is -0.212. The van der Waals surface area contributed by atoms with Crippen LogP contribution in [-0.2, 0) is 9.53 Å². The van der Waals surface area contributed by atoms with Gasteiger partial charge in [-0.25, -0.2) is 0 Å². The highest BCUT2D eigenvalue weighted by Crippen LogP contribution is 2.16. The van der Waals surface area contributed by atoms with Crippen LogP contribution in [-0.4, -0.2) is 61.2 Å². The second-order valence-corrected chi connectivity index (χ2v) is 3.93. The molecule has 1 aliphatic heterocycles. The molecule has 0 amide bonds. The van der Waals surface area contributed by atoms with E-state index in [2.05, 4.69) is 10.6 Å². The lowest BCUT2D eigenvalue weighted by Crippen LogP contribution is -2.71. The Morgan fingerprint density at radius 3 is 2.67 bits per heavy atom. The van der Waals surface area contributed by atoms with Crippen LogP contribution in [0.5, 0.6) is 0 Å². The highest BCUT2D eigenvalue weighted by Gasteiger charge is 2.40. The molecular formula is C9H18N2O4. The van der Waals surface area contributed by atoms with Crippen molar-refractivity contribution in [1.29, 1.82) is 0 Å². The topological polar surface area (TPSA) is 90.8 Å². The van der Waals surface area contributed by atoms with Crippen LogP contribution >= 0.6 is 0 Å². The Labute approximate surface area is 88.6 Å². The fraction of sp³-hybridized carbons (Fsp3) is 0.889. The lowest BCUT2D eigenvalue weighted by Gasteiger charge is -2.44. The van der Waals surface area contributed by atoms with Crippen molar-refractivity contribution in [2.75, 3.05) is 33.4 Å². The number of carboxylic acid groups (broad SMARTS) is 1. The molecule has 0 aliphatic carbocycles. The second-order valence-electron chi connectivity index (χ2n) is 3.93. The van der Waals surface area contributed by atoms with Gasteiger partial charge in [0, 0.05) is 20.2 Å². The van der Waals surface area contributed by atoms with Gasteiger partial charge >= 0.3 is 5.97 Å². The number of aliphatic hydroxyl groups excluding tert-OH is 1. The third-order valence-electron chi connectivity index (χ3n) is 2.51. The van der Waals surface area contributed by atoms with Gasteiger partial charge in [0.1, 0.15) is 0 Å². The fourth-order valence-corrected chi connectivity index (χ4v) is 1.77. The van der Waals surface area contributed by atoms with E-state index in [-0.39, 0.29) is 19.1 Å². The van der Waals surface area contributed by atoms with Crippen LogP contribution in [0.2, 0.25) is 0 Å². The molecular weight excluding hydrogens is 200 g/mol. The minimum atomic E-state index is -0.835. The van der Waals surface area contributed by atoms with E-state index >= 15 is 0 Å². The number of rotatable bonds is 7.